The van der Waals surface area contributed by atoms with Crippen LogP contribution < -0.4 is 0 Å². The molecule has 20 heavy (non-hydrogen) atoms. The molecule has 0 N–H and O–H groups in total. The first kappa shape index (κ1) is 14.9. The highest BCUT2D eigenvalue weighted by atomic mass is 32.1. The quantitative estimate of drug-likeness (QED) is 0.779. The molecule has 0 bridgehead atoms. The summed E-state index contributed by atoms with van der Waals surface area (Å²) in [5.41, 5.74) is 4.14. The number of carbonyl (C=O) groups excluding carboxylic acids is 1. The van der Waals surface area contributed by atoms with Crippen molar-refractivity contribution in [3.8, 4) is 0 Å². The van der Waals surface area contributed by atoms with Gasteiger partial charge in [-0.2, -0.15) is 0 Å². The summed E-state index contributed by atoms with van der Waals surface area (Å²) < 4.78 is 0. The molecule has 0 unspecified atom stereocenters. The van der Waals surface area contributed by atoms with Crippen LogP contribution in [0.1, 0.15) is 53.0 Å². The standard InChI is InChI=1S/C17H21NOS/c1-11-6-7-13(12(2)8-11)14(19)9-16-18-15(10-20-16)17(3,4)5/h6-8,10H,9H2,1-5H3. The van der Waals surface area contributed by atoms with Crippen molar-refractivity contribution >= 4 is 17.1 Å². The average molecular weight is 287 g/mol. The SMILES string of the molecule is Cc1ccc(C(=O)Cc2nc(C(C)(C)C)cs2)c(C)c1. The van der Waals surface area contributed by atoms with Gasteiger partial charge in [0.15, 0.2) is 5.78 Å². The van der Waals surface area contributed by atoms with Crippen LogP contribution in [-0.4, -0.2) is 10.8 Å². The summed E-state index contributed by atoms with van der Waals surface area (Å²) in [4.78, 5) is 17.0. The number of hydrogen-bond donors (Lipinski definition) is 0. The van der Waals surface area contributed by atoms with E-state index in [9.17, 15) is 4.79 Å². The zero-order chi connectivity index (χ0) is 14.9. The van der Waals surface area contributed by atoms with Crippen LogP contribution >= 0.6 is 11.3 Å². The Morgan fingerprint density at radius 3 is 2.50 bits per heavy atom. The topological polar surface area (TPSA) is 30.0 Å². The highest BCUT2D eigenvalue weighted by Gasteiger charge is 2.19. The molecule has 3 heteroatoms. The van der Waals surface area contributed by atoms with Gasteiger partial charge < -0.3 is 0 Å². The molecule has 106 valence electrons. The molecule has 2 rings (SSSR count). The molecule has 0 fully saturated rings. The van der Waals surface area contributed by atoms with E-state index in [4.69, 9.17) is 0 Å². The fourth-order valence-corrected chi connectivity index (χ4v) is 3.11. The third-order valence-corrected chi connectivity index (χ3v) is 4.16. The Morgan fingerprint density at radius 1 is 1.25 bits per heavy atom. The molecule has 1 aromatic heterocycles. The Kier molecular flexibility index (Phi) is 4.09. The normalized spacial score (nSPS) is 11.7. The van der Waals surface area contributed by atoms with E-state index in [1.807, 2.05) is 26.0 Å². The van der Waals surface area contributed by atoms with Crippen LogP contribution in [0.4, 0.5) is 0 Å². The number of thiazole rings is 1. The maximum atomic E-state index is 12.4. The molecular formula is C17H21NOS. The van der Waals surface area contributed by atoms with Crippen molar-refractivity contribution in [1.82, 2.24) is 4.98 Å². The van der Waals surface area contributed by atoms with Crippen molar-refractivity contribution in [2.75, 3.05) is 0 Å². The maximum absolute atomic E-state index is 12.4. The molecule has 0 saturated heterocycles. The highest BCUT2D eigenvalue weighted by molar-refractivity contribution is 7.09. The summed E-state index contributed by atoms with van der Waals surface area (Å²) >= 11 is 1.58. The smallest absolute Gasteiger partial charge is 0.169 e. The number of aryl methyl sites for hydroxylation is 2. The van der Waals surface area contributed by atoms with Crippen LogP contribution in [0.15, 0.2) is 23.6 Å². The van der Waals surface area contributed by atoms with Crippen molar-refractivity contribution in [2.24, 2.45) is 0 Å². The van der Waals surface area contributed by atoms with Crippen molar-refractivity contribution in [3.63, 3.8) is 0 Å². The average Bonchev–Trinajstić information content (AvgIpc) is 2.76. The third-order valence-electron chi connectivity index (χ3n) is 3.31. The van der Waals surface area contributed by atoms with Gasteiger partial charge >= 0.3 is 0 Å². The summed E-state index contributed by atoms with van der Waals surface area (Å²) in [5, 5.41) is 2.96. The largest absolute Gasteiger partial charge is 0.294 e. The predicted octanol–water partition coefficient (Wildman–Crippen LogP) is 4.48. The molecule has 0 aliphatic rings. The molecule has 0 aliphatic carbocycles. The van der Waals surface area contributed by atoms with Gasteiger partial charge in [-0.15, -0.1) is 11.3 Å². The Balaban J connectivity index is 2.17. The van der Waals surface area contributed by atoms with Crippen molar-refractivity contribution in [1.29, 1.82) is 0 Å². The molecule has 0 spiro atoms. The van der Waals surface area contributed by atoms with E-state index in [-0.39, 0.29) is 11.2 Å². The minimum atomic E-state index is 0.0393. The molecule has 0 amide bonds. The van der Waals surface area contributed by atoms with Crippen LogP contribution in [0, 0.1) is 13.8 Å². The monoisotopic (exact) mass is 287 g/mol. The van der Waals surface area contributed by atoms with Gasteiger partial charge in [0, 0.05) is 16.4 Å². The number of benzene rings is 1. The van der Waals surface area contributed by atoms with Crippen LogP contribution in [-0.2, 0) is 11.8 Å². The van der Waals surface area contributed by atoms with E-state index in [0.717, 1.165) is 21.8 Å². The van der Waals surface area contributed by atoms with E-state index >= 15 is 0 Å². The molecule has 0 atom stereocenters. The second-order valence-electron chi connectivity index (χ2n) is 6.29. The molecule has 1 aromatic carbocycles. The fraction of sp³-hybridized carbons (Fsp3) is 0.412. The second kappa shape index (κ2) is 5.49. The first-order chi connectivity index (χ1) is 9.27. The van der Waals surface area contributed by atoms with Gasteiger partial charge in [0.05, 0.1) is 12.1 Å². The molecule has 0 saturated carbocycles. The van der Waals surface area contributed by atoms with Gasteiger partial charge in [0.1, 0.15) is 5.01 Å². The van der Waals surface area contributed by atoms with E-state index in [1.54, 1.807) is 11.3 Å². The fourth-order valence-electron chi connectivity index (χ4n) is 2.10. The maximum Gasteiger partial charge on any atom is 0.169 e. The summed E-state index contributed by atoms with van der Waals surface area (Å²) in [6.07, 6.45) is 0.393. The lowest BCUT2D eigenvalue weighted by atomic mass is 9.93. The Hall–Kier alpha value is -1.48. The minimum absolute atomic E-state index is 0.0393. The predicted molar refractivity (Wildman–Crippen MR) is 84.8 cm³/mol. The molecule has 2 nitrogen and oxygen atoms in total. The highest BCUT2D eigenvalue weighted by Crippen LogP contribution is 2.24. The summed E-state index contributed by atoms with van der Waals surface area (Å²) in [7, 11) is 0. The van der Waals surface area contributed by atoms with Gasteiger partial charge in [-0.05, 0) is 19.4 Å². The van der Waals surface area contributed by atoms with Gasteiger partial charge in [-0.1, -0.05) is 44.5 Å². The Morgan fingerprint density at radius 2 is 1.95 bits per heavy atom. The Labute approximate surface area is 124 Å². The van der Waals surface area contributed by atoms with Gasteiger partial charge in [-0.25, -0.2) is 4.98 Å². The summed E-state index contributed by atoms with van der Waals surface area (Å²) in [6, 6.07) is 5.96. The molecule has 0 radical (unpaired) electrons. The number of nitrogens with zero attached hydrogens (tertiary/aromatic N) is 1. The molecule has 0 aliphatic heterocycles. The van der Waals surface area contributed by atoms with Crippen molar-refractivity contribution < 1.29 is 4.79 Å². The second-order valence-corrected chi connectivity index (χ2v) is 7.24. The van der Waals surface area contributed by atoms with Crippen LogP contribution in [0.2, 0.25) is 0 Å². The molecule has 2 aromatic rings. The van der Waals surface area contributed by atoms with E-state index in [2.05, 4.69) is 37.2 Å². The van der Waals surface area contributed by atoms with Crippen molar-refractivity contribution in [3.05, 3.63) is 51.0 Å². The Bertz CT molecular complexity index is 635. The lowest BCUT2D eigenvalue weighted by molar-refractivity contribution is 0.0992. The van der Waals surface area contributed by atoms with Crippen LogP contribution in [0.5, 0.6) is 0 Å². The number of rotatable bonds is 3. The van der Waals surface area contributed by atoms with Crippen LogP contribution in [0.3, 0.4) is 0 Å². The minimum Gasteiger partial charge on any atom is -0.294 e. The van der Waals surface area contributed by atoms with Crippen molar-refractivity contribution in [2.45, 2.75) is 46.5 Å². The van der Waals surface area contributed by atoms with E-state index < -0.39 is 0 Å². The molecular weight excluding hydrogens is 266 g/mol. The number of carbonyl (C=O) groups is 1. The summed E-state index contributed by atoms with van der Waals surface area (Å²) in [5.74, 6) is 0.150. The third kappa shape index (κ3) is 3.34. The summed E-state index contributed by atoms with van der Waals surface area (Å²) in [6.45, 7) is 10.4. The van der Waals surface area contributed by atoms with Gasteiger partial charge in [-0.3, -0.25) is 4.79 Å². The van der Waals surface area contributed by atoms with E-state index in [0.29, 0.717) is 6.42 Å². The zero-order valence-corrected chi connectivity index (χ0v) is 13.6. The number of ketones is 1. The van der Waals surface area contributed by atoms with Gasteiger partial charge in [0.2, 0.25) is 0 Å². The number of hydrogen-bond acceptors (Lipinski definition) is 3. The lowest BCUT2D eigenvalue weighted by Crippen LogP contribution is -2.12. The number of Topliss-reactive ketones (excluding diaryl/α,β-unsaturated/α-hetero) is 1. The van der Waals surface area contributed by atoms with Gasteiger partial charge in [0.25, 0.3) is 0 Å². The zero-order valence-electron chi connectivity index (χ0n) is 12.8. The number of aromatic nitrogens is 1. The van der Waals surface area contributed by atoms with E-state index in [1.165, 1.54) is 5.56 Å². The lowest BCUT2D eigenvalue weighted by Gasteiger charge is -2.14. The first-order valence-electron chi connectivity index (χ1n) is 6.82. The molecule has 1 heterocycles. The van der Waals surface area contributed by atoms with Crippen LogP contribution in [0.25, 0.3) is 0 Å². The first-order valence-corrected chi connectivity index (χ1v) is 7.70.